The molecule has 0 spiro atoms. The van der Waals surface area contributed by atoms with Crippen LogP contribution in [0, 0.1) is 5.92 Å². The molecule has 0 aliphatic rings. The number of nitrogens with zero attached hydrogens (tertiary/aromatic N) is 2. The third kappa shape index (κ3) is 4.94. The number of carbonyl (C=O) groups excluding carboxylic acids is 1. The Hall–Kier alpha value is -2.64. The number of alkyl halides is 3. The summed E-state index contributed by atoms with van der Waals surface area (Å²) in [5, 5.41) is 5.43. The van der Waals surface area contributed by atoms with Crippen LogP contribution >= 0.6 is 0 Å². The molecule has 0 fully saturated rings. The molecule has 0 saturated heterocycles. The first-order valence-corrected chi connectivity index (χ1v) is 7.30. The first-order valence-electron chi connectivity index (χ1n) is 7.30. The third-order valence-electron chi connectivity index (χ3n) is 3.02. The molecular formula is C16H17F3N4O. The highest BCUT2D eigenvalue weighted by molar-refractivity contribution is 6.02. The van der Waals surface area contributed by atoms with Crippen LogP contribution in [0.25, 0.3) is 0 Å². The van der Waals surface area contributed by atoms with E-state index < -0.39 is 17.6 Å². The van der Waals surface area contributed by atoms with Crippen LogP contribution in [-0.4, -0.2) is 22.4 Å². The van der Waals surface area contributed by atoms with Crippen LogP contribution in [0.4, 0.5) is 24.7 Å². The van der Waals surface area contributed by atoms with E-state index in [1.54, 1.807) is 0 Å². The molecule has 0 aliphatic heterocycles. The first kappa shape index (κ1) is 17.7. The van der Waals surface area contributed by atoms with Crippen molar-refractivity contribution in [2.24, 2.45) is 5.92 Å². The molecule has 1 aromatic carbocycles. The van der Waals surface area contributed by atoms with E-state index in [4.69, 9.17) is 0 Å². The molecule has 5 nitrogen and oxygen atoms in total. The lowest BCUT2D eigenvalue weighted by molar-refractivity contribution is -0.137. The van der Waals surface area contributed by atoms with E-state index >= 15 is 0 Å². The van der Waals surface area contributed by atoms with Gasteiger partial charge >= 0.3 is 6.18 Å². The number of benzene rings is 1. The Bertz CT molecular complexity index is 699. The van der Waals surface area contributed by atoms with Crippen molar-refractivity contribution in [3.8, 4) is 0 Å². The van der Waals surface area contributed by atoms with Gasteiger partial charge in [0, 0.05) is 12.2 Å². The number of rotatable bonds is 5. The second-order valence-corrected chi connectivity index (χ2v) is 5.59. The van der Waals surface area contributed by atoms with E-state index in [0.717, 1.165) is 12.1 Å². The molecule has 2 aromatic rings. The molecule has 0 saturated carbocycles. The zero-order chi connectivity index (χ0) is 17.7. The number of anilines is 2. The molecule has 0 radical (unpaired) electrons. The predicted octanol–water partition coefficient (Wildman–Crippen LogP) is 3.82. The lowest BCUT2D eigenvalue weighted by Gasteiger charge is -2.10. The van der Waals surface area contributed by atoms with Crippen molar-refractivity contribution in [1.82, 2.24) is 9.97 Å². The average molecular weight is 338 g/mol. The first-order chi connectivity index (χ1) is 11.3. The molecule has 2 rings (SSSR count). The van der Waals surface area contributed by atoms with Gasteiger partial charge in [0.05, 0.1) is 18.0 Å². The van der Waals surface area contributed by atoms with Crippen molar-refractivity contribution in [2.45, 2.75) is 20.0 Å². The van der Waals surface area contributed by atoms with Gasteiger partial charge in [-0.05, 0) is 24.1 Å². The van der Waals surface area contributed by atoms with E-state index in [1.807, 2.05) is 13.8 Å². The highest BCUT2D eigenvalue weighted by Crippen LogP contribution is 2.30. The van der Waals surface area contributed by atoms with Crippen LogP contribution < -0.4 is 10.6 Å². The fourth-order valence-corrected chi connectivity index (χ4v) is 1.81. The van der Waals surface area contributed by atoms with Crippen LogP contribution in [-0.2, 0) is 6.18 Å². The summed E-state index contributed by atoms with van der Waals surface area (Å²) < 4.78 is 38.0. The Kier molecular flexibility index (Phi) is 5.38. The Morgan fingerprint density at radius 3 is 2.54 bits per heavy atom. The average Bonchev–Trinajstić information content (AvgIpc) is 2.53. The molecule has 0 bridgehead atoms. The summed E-state index contributed by atoms with van der Waals surface area (Å²) in [7, 11) is 0. The number of nitrogens with one attached hydrogen (secondary N) is 2. The molecule has 1 amide bonds. The predicted molar refractivity (Wildman–Crippen MR) is 84.8 cm³/mol. The fourth-order valence-electron chi connectivity index (χ4n) is 1.81. The largest absolute Gasteiger partial charge is 0.416 e. The second-order valence-electron chi connectivity index (χ2n) is 5.59. The summed E-state index contributed by atoms with van der Waals surface area (Å²) in [6.07, 6.45) is -1.79. The SMILES string of the molecule is CC(C)CNc1cnc(C(=O)Nc2cccc(C(F)(F)F)c2)cn1. The van der Waals surface area contributed by atoms with Gasteiger partial charge in [0.25, 0.3) is 5.91 Å². The van der Waals surface area contributed by atoms with Gasteiger partial charge in [0.1, 0.15) is 11.5 Å². The normalized spacial score (nSPS) is 11.4. The fraction of sp³-hybridized carbons (Fsp3) is 0.312. The van der Waals surface area contributed by atoms with Crippen LogP contribution in [0.2, 0.25) is 0 Å². The van der Waals surface area contributed by atoms with Gasteiger partial charge in [-0.3, -0.25) is 4.79 Å². The molecule has 8 heteroatoms. The molecule has 24 heavy (non-hydrogen) atoms. The van der Waals surface area contributed by atoms with Gasteiger partial charge in [0.15, 0.2) is 0 Å². The Morgan fingerprint density at radius 1 is 1.21 bits per heavy atom. The Morgan fingerprint density at radius 2 is 1.96 bits per heavy atom. The number of hydrogen-bond donors (Lipinski definition) is 2. The summed E-state index contributed by atoms with van der Waals surface area (Å²) in [6, 6.07) is 4.40. The minimum absolute atomic E-state index is 0.0162. The number of amides is 1. The molecule has 2 N–H and O–H groups in total. The molecule has 0 atom stereocenters. The maximum Gasteiger partial charge on any atom is 0.416 e. The van der Waals surface area contributed by atoms with Gasteiger partial charge in [-0.1, -0.05) is 19.9 Å². The lowest BCUT2D eigenvalue weighted by atomic mass is 10.2. The van der Waals surface area contributed by atoms with Crippen molar-refractivity contribution in [1.29, 1.82) is 0 Å². The van der Waals surface area contributed by atoms with E-state index in [-0.39, 0.29) is 11.4 Å². The maximum atomic E-state index is 12.7. The van der Waals surface area contributed by atoms with E-state index in [0.29, 0.717) is 18.3 Å². The van der Waals surface area contributed by atoms with Gasteiger partial charge in [-0.25, -0.2) is 9.97 Å². The zero-order valence-electron chi connectivity index (χ0n) is 13.2. The molecule has 0 unspecified atom stereocenters. The smallest absolute Gasteiger partial charge is 0.369 e. The quantitative estimate of drug-likeness (QED) is 0.870. The molecular weight excluding hydrogens is 321 g/mol. The number of halogens is 3. The van der Waals surface area contributed by atoms with Gasteiger partial charge in [-0.15, -0.1) is 0 Å². The van der Waals surface area contributed by atoms with Crippen molar-refractivity contribution < 1.29 is 18.0 Å². The second kappa shape index (κ2) is 7.29. The highest BCUT2D eigenvalue weighted by atomic mass is 19.4. The lowest BCUT2D eigenvalue weighted by Crippen LogP contribution is -2.16. The van der Waals surface area contributed by atoms with Crippen LogP contribution in [0.5, 0.6) is 0 Å². The summed E-state index contributed by atoms with van der Waals surface area (Å²) in [5.74, 6) is 0.326. The number of carbonyl (C=O) groups is 1. The molecule has 0 aliphatic carbocycles. The summed E-state index contributed by atoms with van der Waals surface area (Å²) in [6.45, 7) is 4.79. The molecule has 128 valence electrons. The van der Waals surface area contributed by atoms with Crippen molar-refractivity contribution >= 4 is 17.4 Å². The van der Waals surface area contributed by atoms with Crippen molar-refractivity contribution in [2.75, 3.05) is 17.2 Å². The summed E-state index contributed by atoms with van der Waals surface area (Å²) >= 11 is 0. The number of hydrogen-bond acceptors (Lipinski definition) is 4. The molecule has 1 aromatic heterocycles. The van der Waals surface area contributed by atoms with Crippen LogP contribution in [0.3, 0.4) is 0 Å². The summed E-state index contributed by atoms with van der Waals surface area (Å²) in [5.41, 5.74) is -0.777. The van der Waals surface area contributed by atoms with E-state index in [9.17, 15) is 18.0 Å². The maximum absolute atomic E-state index is 12.7. The van der Waals surface area contributed by atoms with Crippen LogP contribution in [0.1, 0.15) is 29.9 Å². The zero-order valence-corrected chi connectivity index (χ0v) is 13.2. The highest BCUT2D eigenvalue weighted by Gasteiger charge is 2.30. The van der Waals surface area contributed by atoms with Crippen molar-refractivity contribution in [3.63, 3.8) is 0 Å². The van der Waals surface area contributed by atoms with Crippen LogP contribution in [0.15, 0.2) is 36.7 Å². The Balaban J connectivity index is 2.05. The summed E-state index contributed by atoms with van der Waals surface area (Å²) in [4.78, 5) is 20.1. The minimum atomic E-state index is -4.47. The van der Waals surface area contributed by atoms with E-state index in [1.165, 1.54) is 24.5 Å². The number of aromatic nitrogens is 2. The van der Waals surface area contributed by atoms with Gasteiger partial charge in [0.2, 0.25) is 0 Å². The minimum Gasteiger partial charge on any atom is -0.369 e. The molecule has 1 heterocycles. The van der Waals surface area contributed by atoms with E-state index in [2.05, 4.69) is 20.6 Å². The topological polar surface area (TPSA) is 66.9 Å². The van der Waals surface area contributed by atoms with Gasteiger partial charge in [-0.2, -0.15) is 13.2 Å². The van der Waals surface area contributed by atoms with Gasteiger partial charge < -0.3 is 10.6 Å². The Labute approximate surface area is 137 Å². The third-order valence-corrected chi connectivity index (χ3v) is 3.02. The van der Waals surface area contributed by atoms with Crippen molar-refractivity contribution in [3.05, 3.63) is 47.9 Å². The standard InChI is InChI=1S/C16H17F3N4O/c1-10(2)7-21-14-9-20-13(8-22-14)15(24)23-12-5-3-4-11(6-12)16(17,18)19/h3-6,8-10H,7H2,1-2H3,(H,21,22)(H,23,24). The monoisotopic (exact) mass is 338 g/mol.